The SMILES string of the molecule is C=C(C)COCCCCCOC(=O)CCP(=O)(O)O. The number of unbranched alkanes of at least 4 members (excludes halogenated alkanes) is 2. The van der Waals surface area contributed by atoms with Gasteiger partial charge in [-0.3, -0.25) is 9.36 Å². The van der Waals surface area contributed by atoms with Crippen molar-refractivity contribution in [1.29, 1.82) is 0 Å². The molecule has 0 aromatic rings. The summed E-state index contributed by atoms with van der Waals surface area (Å²) in [6.07, 6.45) is 1.78. The van der Waals surface area contributed by atoms with Crippen molar-refractivity contribution in [2.24, 2.45) is 0 Å². The zero-order valence-corrected chi connectivity index (χ0v) is 12.2. The van der Waals surface area contributed by atoms with Crippen molar-refractivity contribution in [1.82, 2.24) is 0 Å². The summed E-state index contributed by atoms with van der Waals surface area (Å²) in [5, 5.41) is 0. The van der Waals surface area contributed by atoms with Crippen LogP contribution in [0.5, 0.6) is 0 Å². The molecule has 0 aromatic carbocycles. The molecule has 0 heterocycles. The van der Waals surface area contributed by atoms with E-state index >= 15 is 0 Å². The van der Waals surface area contributed by atoms with Gasteiger partial charge in [0.25, 0.3) is 0 Å². The molecule has 0 radical (unpaired) electrons. The highest BCUT2D eigenvalue weighted by molar-refractivity contribution is 7.51. The van der Waals surface area contributed by atoms with Crippen LogP contribution in [-0.4, -0.2) is 41.7 Å². The molecule has 0 rings (SSSR count). The highest BCUT2D eigenvalue weighted by Gasteiger charge is 2.15. The van der Waals surface area contributed by atoms with Crippen LogP contribution in [0.1, 0.15) is 32.6 Å². The first-order valence-corrected chi connectivity index (χ1v) is 8.03. The van der Waals surface area contributed by atoms with Gasteiger partial charge in [-0.05, 0) is 26.2 Å². The molecule has 6 nitrogen and oxygen atoms in total. The van der Waals surface area contributed by atoms with Crippen molar-refractivity contribution < 1.29 is 28.6 Å². The minimum absolute atomic E-state index is 0.244. The van der Waals surface area contributed by atoms with Crippen molar-refractivity contribution in [3.63, 3.8) is 0 Å². The molecular weight excluding hydrogens is 271 g/mol. The number of rotatable bonds is 11. The Labute approximate surface area is 114 Å². The normalized spacial score (nSPS) is 11.3. The van der Waals surface area contributed by atoms with Gasteiger partial charge in [0.2, 0.25) is 0 Å². The number of esters is 1. The van der Waals surface area contributed by atoms with Gasteiger partial charge in [0, 0.05) is 6.61 Å². The van der Waals surface area contributed by atoms with Gasteiger partial charge >= 0.3 is 13.6 Å². The van der Waals surface area contributed by atoms with Crippen LogP contribution >= 0.6 is 7.60 Å². The smallest absolute Gasteiger partial charge is 0.326 e. The molecule has 0 aromatic heterocycles. The Bertz CT molecular complexity index is 322. The van der Waals surface area contributed by atoms with Gasteiger partial charge in [-0.15, -0.1) is 0 Å². The minimum Gasteiger partial charge on any atom is -0.466 e. The quantitative estimate of drug-likeness (QED) is 0.261. The average molecular weight is 294 g/mol. The summed E-state index contributed by atoms with van der Waals surface area (Å²) < 4.78 is 20.7. The van der Waals surface area contributed by atoms with Crippen molar-refractivity contribution in [2.75, 3.05) is 26.0 Å². The van der Waals surface area contributed by atoms with E-state index in [0.29, 0.717) is 13.2 Å². The number of hydrogen-bond acceptors (Lipinski definition) is 4. The number of hydrogen-bond donors (Lipinski definition) is 2. The summed E-state index contributed by atoms with van der Waals surface area (Å²) in [5.41, 5.74) is 0.985. The third-order valence-electron chi connectivity index (χ3n) is 2.15. The summed E-state index contributed by atoms with van der Waals surface area (Å²) in [6.45, 7) is 7.12. The molecule has 19 heavy (non-hydrogen) atoms. The maximum Gasteiger partial charge on any atom is 0.326 e. The van der Waals surface area contributed by atoms with Gasteiger partial charge in [0.15, 0.2) is 0 Å². The standard InChI is InChI=1S/C12H23O6P/c1-11(2)10-17-7-4-3-5-8-18-12(13)6-9-19(14,15)16/h1,3-10H2,2H3,(H2,14,15,16). The van der Waals surface area contributed by atoms with E-state index in [1.54, 1.807) is 0 Å². The molecule has 112 valence electrons. The molecule has 0 saturated carbocycles. The fourth-order valence-corrected chi connectivity index (χ4v) is 1.70. The Balaban J connectivity index is 3.32. The van der Waals surface area contributed by atoms with Crippen LogP contribution in [0.25, 0.3) is 0 Å². The second kappa shape index (κ2) is 10.1. The lowest BCUT2D eigenvalue weighted by Crippen LogP contribution is -2.08. The average Bonchev–Trinajstić information content (AvgIpc) is 2.28. The van der Waals surface area contributed by atoms with Gasteiger partial charge in [-0.2, -0.15) is 0 Å². The molecule has 0 aliphatic heterocycles. The maximum absolute atomic E-state index is 11.1. The molecule has 0 spiro atoms. The lowest BCUT2D eigenvalue weighted by Gasteiger charge is -2.06. The first kappa shape index (κ1) is 18.3. The van der Waals surface area contributed by atoms with E-state index in [0.717, 1.165) is 24.8 Å². The summed E-state index contributed by atoms with van der Waals surface area (Å²) in [7, 11) is -4.11. The van der Waals surface area contributed by atoms with Crippen LogP contribution in [0.4, 0.5) is 0 Å². The second-order valence-electron chi connectivity index (χ2n) is 4.43. The Morgan fingerprint density at radius 1 is 1.21 bits per heavy atom. The van der Waals surface area contributed by atoms with E-state index < -0.39 is 19.7 Å². The van der Waals surface area contributed by atoms with Crippen LogP contribution in [0.3, 0.4) is 0 Å². The lowest BCUT2D eigenvalue weighted by molar-refractivity contribution is -0.143. The zero-order valence-electron chi connectivity index (χ0n) is 11.3. The summed E-state index contributed by atoms with van der Waals surface area (Å²) in [4.78, 5) is 28.3. The van der Waals surface area contributed by atoms with Crippen LogP contribution in [-0.2, 0) is 18.8 Å². The van der Waals surface area contributed by atoms with Crippen molar-refractivity contribution >= 4 is 13.6 Å². The number of ether oxygens (including phenoxy) is 2. The van der Waals surface area contributed by atoms with Gasteiger partial charge in [0.05, 0.1) is 25.8 Å². The number of carbonyl (C=O) groups is 1. The molecule has 0 fully saturated rings. The van der Waals surface area contributed by atoms with E-state index in [9.17, 15) is 9.36 Å². The predicted molar refractivity (Wildman–Crippen MR) is 72.0 cm³/mol. The van der Waals surface area contributed by atoms with E-state index in [2.05, 4.69) is 6.58 Å². The molecular formula is C12H23O6P. The van der Waals surface area contributed by atoms with Crippen molar-refractivity contribution in [3.8, 4) is 0 Å². The van der Waals surface area contributed by atoms with Gasteiger partial charge in [-0.25, -0.2) is 0 Å². The number of carbonyl (C=O) groups excluding carboxylic acids is 1. The lowest BCUT2D eigenvalue weighted by atomic mass is 10.2. The largest absolute Gasteiger partial charge is 0.466 e. The Morgan fingerprint density at radius 2 is 1.84 bits per heavy atom. The van der Waals surface area contributed by atoms with E-state index in [1.165, 1.54) is 0 Å². The summed E-state index contributed by atoms with van der Waals surface area (Å²) >= 11 is 0. The van der Waals surface area contributed by atoms with E-state index in [1.807, 2.05) is 6.92 Å². The third kappa shape index (κ3) is 15.3. The topological polar surface area (TPSA) is 93.1 Å². The molecule has 0 bridgehead atoms. The molecule has 0 aliphatic rings. The Morgan fingerprint density at radius 3 is 2.42 bits per heavy atom. The van der Waals surface area contributed by atoms with Gasteiger partial charge in [-0.1, -0.05) is 12.2 Å². The van der Waals surface area contributed by atoms with Crippen LogP contribution in [0, 0.1) is 0 Å². The zero-order chi connectivity index (χ0) is 14.7. The predicted octanol–water partition coefficient (Wildman–Crippen LogP) is 1.86. The van der Waals surface area contributed by atoms with Crippen molar-refractivity contribution in [2.45, 2.75) is 32.6 Å². The third-order valence-corrected chi connectivity index (χ3v) is 2.96. The highest BCUT2D eigenvalue weighted by atomic mass is 31.2. The van der Waals surface area contributed by atoms with Crippen LogP contribution in [0.2, 0.25) is 0 Å². The van der Waals surface area contributed by atoms with Crippen molar-refractivity contribution in [3.05, 3.63) is 12.2 Å². The Hall–Kier alpha value is -0.680. The minimum atomic E-state index is -4.11. The fraction of sp³-hybridized carbons (Fsp3) is 0.750. The highest BCUT2D eigenvalue weighted by Crippen LogP contribution is 2.34. The molecule has 7 heteroatoms. The maximum atomic E-state index is 11.1. The first-order chi connectivity index (χ1) is 8.81. The fourth-order valence-electron chi connectivity index (χ4n) is 1.22. The van der Waals surface area contributed by atoms with Gasteiger partial charge < -0.3 is 19.3 Å². The molecule has 2 N–H and O–H groups in total. The summed E-state index contributed by atoms with van der Waals surface area (Å²) in [5.74, 6) is -0.568. The molecule has 0 atom stereocenters. The monoisotopic (exact) mass is 294 g/mol. The molecule has 0 unspecified atom stereocenters. The van der Waals surface area contributed by atoms with Gasteiger partial charge in [0.1, 0.15) is 0 Å². The molecule has 0 saturated heterocycles. The molecule has 0 aliphatic carbocycles. The van der Waals surface area contributed by atoms with Crippen LogP contribution in [0.15, 0.2) is 12.2 Å². The van der Waals surface area contributed by atoms with Crippen LogP contribution < -0.4 is 0 Å². The van der Waals surface area contributed by atoms with E-state index in [4.69, 9.17) is 19.3 Å². The molecule has 0 amide bonds. The summed E-state index contributed by atoms with van der Waals surface area (Å²) in [6, 6.07) is 0. The Kier molecular flexibility index (Phi) is 9.79. The second-order valence-corrected chi connectivity index (χ2v) is 6.21. The van der Waals surface area contributed by atoms with E-state index in [-0.39, 0.29) is 13.0 Å². The first-order valence-electron chi connectivity index (χ1n) is 6.23.